The summed E-state index contributed by atoms with van der Waals surface area (Å²) in [6, 6.07) is -0.200. The molecule has 18 heavy (non-hydrogen) atoms. The van der Waals surface area contributed by atoms with Gasteiger partial charge in [0, 0.05) is 12.6 Å². The maximum atomic E-state index is 12.3. The van der Waals surface area contributed by atoms with E-state index >= 15 is 0 Å². The van der Waals surface area contributed by atoms with Crippen molar-refractivity contribution in [2.24, 2.45) is 5.92 Å². The minimum atomic E-state index is -3.62. The van der Waals surface area contributed by atoms with Gasteiger partial charge in [0.1, 0.15) is 10.6 Å². The van der Waals surface area contributed by atoms with Gasteiger partial charge in [-0.2, -0.15) is 0 Å². The molecule has 0 amide bonds. The van der Waals surface area contributed by atoms with Crippen LogP contribution in [0.25, 0.3) is 0 Å². The first-order chi connectivity index (χ1) is 8.45. The molecule has 2 atom stereocenters. The second-order valence-electron chi connectivity index (χ2n) is 4.75. The van der Waals surface area contributed by atoms with Crippen molar-refractivity contribution in [1.29, 1.82) is 0 Å². The average Bonchev–Trinajstić information content (AvgIpc) is 2.85. The summed E-state index contributed by atoms with van der Waals surface area (Å²) < 4.78 is 32.1. The lowest BCUT2D eigenvalue weighted by Gasteiger charge is -2.18. The molecule has 0 aromatic carbocycles. The van der Waals surface area contributed by atoms with Crippen molar-refractivity contribution >= 4 is 10.0 Å². The Balaban J connectivity index is 2.23. The van der Waals surface area contributed by atoms with Crippen molar-refractivity contribution < 1.29 is 18.0 Å². The number of aliphatic hydroxyl groups is 1. The van der Waals surface area contributed by atoms with Crippen molar-refractivity contribution in [3.8, 4) is 0 Å². The predicted molar refractivity (Wildman–Crippen MR) is 64.5 cm³/mol. The lowest BCUT2D eigenvalue weighted by atomic mass is 10.1. The Labute approximate surface area is 106 Å². The minimum absolute atomic E-state index is 0.000229. The molecule has 0 radical (unpaired) electrons. The lowest BCUT2D eigenvalue weighted by Crippen LogP contribution is -2.38. The summed E-state index contributed by atoms with van der Waals surface area (Å²) in [5.41, 5.74) is 0.360. The van der Waals surface area contributed by atoms with E-state index in [4.69, 9.17) is 4.52 Å². The standard InChI is InChI=1S/C11H18N2O4S/c1-7-11(8(2)17-12-7)18(15,16)13-10-5-3-4-9(10)6-14/h9-10,13-14H,3-6H2,1-2H3. The van der Waals surface area contributed by atoms with E-state index in [9.17, 15) is 13.5 Å². The van der Waals surface area contributed by atoms with Crippen LogP contribution in [0.3, 0.4) is 0 Å². The molecule has 2 unspecified atom stereocenters. The molecule has 1 aromatic rings. The van der Waals surface area contributed by atoms with Gasteiger partial charge in [0.05, 0.1) is 0 Å². The Morgan fingerprint density at radius 1 is 1.44 bits per heavy atom. The number of rotatable bonds is 4. The molecule has 1 fully saturated rings. The molecule has 2 N–H and O–H groups in total. The molecule has 1 saturated carbocycles. The van der Waals surface area contributed by atoms with Crippen LogP contribution >= 0.6 is 0 Å². The van der Waals surface area contributed by atoms with Gasteiger partial charge in [-0.15, -0.1) is 0 Å². The van der Waals surface area contributed by atoms with Crippen LogP contribution in [0, 0.1) is 19.8 Å². The number of hydrogen-bond acceptors (Lipinski definition) is 5. The highest BCUT2D eigenvalue weighted by atomic mass is 32.2. The van der Waals surface area contributed by atoms with Crippen LogP contribution in [0.4, 0.5) is 0 Å². The molecule has 1 aliphatic carbocycles. The van der Waals surface area contributed by atoms with Gasteiger partial charge >= 0.3 is 0 Å². The summed E-state index contributed by atoms with van der Waals surface area (Å²) in [4.78, 5) is 0.117. The van der Waals surface area contributed by atoms with Crippen LogP contribution in [0.1, 0.15) is 30.7 Å². The topological polar surface area (TPSA) is 92.4 Å². The molecule has 1 aromatic heterocycles. The molecular weight excluding hydrogens is 256 g/mol. The van der Waals surface area contributed by atoms with Crippen LogP contribution in [0.2, 0.25) is 0 Å². The lowest BCUT2D eigenvalue weighted by molar-refractivity contribution is 0.213. The van der Waals surface area contributed by atoms with E-state index in [1.54, 1.807) is 13.8 Å². The van der Waals surface area contributed by atoms with Gasteiger partial charge in [-0.25, -0.2) is 13.1 Å². The second-order valence-corrected chi connectivity index (χ2v) is 6.41. The third-order valence-corrected chi connectivity index (χ3v) is 5.17. The molecule has 0 saturated heterocycles. The highest BCUT2D eigenvalue weighted by Crippen LogP contribution is 2.27. The number of sulfonamides is 1. The summed E-state index contributed by atoms with van der Waals surface area (Å²) in [6.45, 7) is 3.19. The highest BCUT2D eigenvalue weighted by Gasteiger charge is 2.33. The Kier molecular flexibility index (Phi) is 3.74. The van der Waals surface area contributed by atoms with Crippen molar-refractivity contribution in [1.82, 2.24) is 9.88 Å². The third kappa shape index (κ3) is 2.43. The monoisotopic (exact) mass is 274 g/mol. The van der Waals surface area contributed by atoms with Gasteiger partial charge in [-0.05, 0) is 32.6 Å². The van der Waals surface area contributed by atoms with Crippen molar-refractivity contribution in [3.05, 3.63) is 11.5 Å². The number of aryl methyl sites for hydroxylation is 2. The number of aromatic nitrogens is 1. The minimum Gasteiger partial charge on any atom is -0.396 e. The summed E-state index contributed by atoms with van der Waals surface area (Å²) in [6.07, 6.45) is 2.54. The second kappa shape index (κ2) is 4.99. The van der Waals surface area contributed by atoms with E-state index in [2.05, 4.69) is 9.88 Å². The van der Waals surface area contributed by atoms with Gasteiger partial charge in [0.25, 0.3) is 0 Å². The SMILES string of the molecule is Cc1noc(C)c1S(=O)(=O)NC1CCCC1CO. The van der Waals surface area contributed by atoms with Gasteiger partial charge in [-0.3, -0.25) is 0 Å². The molecule has 2 rings (SSSR count). The first-order valence-electron chi connectivity index (χ1n) is 6.01. The number of nitrogens with zero attached hydrogens (tertiary/aromatic N) is 1. The van der Waals surface area contributed by atoms with Gasteiger partial charge in [0.15, 0.2) is 5.76 Å². The molecule has 1 heterocycles. The molecule has 7 heteroatoms. The van der Waals surface area contributed by atoms with Gasteiger partial charge < -0.3 is 9.63 Å². The van der Waals surface area contributed by atoms with Crippen LogP contribution in [-0.4, -0.2) is 31.3 Å². The normalized spacial score (nSPS) is 24.6. The summed E-state index contributed by atoms with van der Waals surface area (Å²) in [5.74, 6) is 0.291. The van der Waals surface area contributed by atoms with E-state index in [1.165, 1.54) is 0 Å². The maximum absolute atomic E-state index is 12.3. The average molecular weight is 274 g/mol. The van der Waals surface area contributed by atoms with E-state index in [-0.39, 0.29) is 23.5 Å². The van der Waals surface area contributed by atoms with E-state index in [0.29, 0.717) is 11.5 Å². The first-order valence-corrected chi connectivity index (χ1v) is 7.50. The fraction of sp³-hybridized carbons (Fsp3) is 0.727. The molecule has 0 aliphatic heterocycles. The zero-order chi connectivity index (χ0) is 13.3. The third-order valence-electron chi connectivity index (χ3n) is 3.44. The fourth-order valence-corrected chi connectivity index (χ4v) is 4.20. The van der Waals surface area contributed by atoms with Crippen LogP contribution in [0.15, 0.2) is 9.42 Å². The van der Waals surface area contributed by atoms with Crippen molar-refractivity contribution in [2.45, 2.75) is 44.0 Å². The van der Waals surface area contributed by atoms with E-state index in [0.717, 1.165) is 19.3 Å². The van der Waals surface area contributed by atoms with Crippen molar-refractivity contribution in [3.63, 3.8) is 0 Å². The predicted octanol–water partition coefficient (Wildman–Crippen LogP) is 0.731. The fourth-order valence-electron chi connectivity index (χ4n) is 2.53. The molecule has 102 valence electrons. The molecule has 1 aliphatic rings. The number of nitrogens with one attached hydrogen (secondary N) is 1. The zero-order valence-electron chi connectivity index (χ0n) is 10.5. The van der Waals surface area contributed by atoms with Crippen LogP contribution in [0.5, 0.6) is 0 Å². The molecule has 6 nitrogen and oxygen atoms in total. The Morgan fingerprint density at radius 3 is 2.72 bits per heavy atom. The highest BCUT2D eigenvalue weighted by molar-refractivity contribution is 7.89. The Bertz CT molecular complexity index is 504. The van der Waals surface area contributed by atoms with Crippen LogP contribution in [-0.2, 0) is 10.0 Å². The molecule has 0 spiro atoms. The molecule has 0 bridgehead atoms. The van der Waals surface area contributed by atoms with E-state index in [1.807, 2.05) is 0 Å². The Hall–Kier alpha value is -0.920. The smallest absolute Gasteiger partial charge is 0.246 e. The zero-order valence-corrected chi connectivity index (χ0v) is 11.3. The Morgan fingerprint density at radius 2 is 2.17 bits per heavy atom. The quantitative estimate of drug-likeness (QED) is 0.844. The number of aliphatic hydroxyl groups excluding tert-OH is 1. The molecular formula is C11H18N2O4S. The van der Waals surface area contributed by atoms with Gasteiger partial charge in [-0.1, -0.05) is 11.6 Å². The largest absolute Gasteiger partial charge is 0.396 e. The number of hydrogen-bond donors (Lipinski definition) is 2. The van der Waals surface area contributed by atoms with Gasteiger partial charge in [0.2, 0.25) is 10.0 Å². The van der Waals surface area contributed by atoms with Crippen molar-refractivity contribution in [2.75, 3.05) is 6.61 Å². The summed E-state index contributed by atoms with van der Waals surface area (Å²) >= 11 is 0. The summed E-state index contributed by atoms with van der Waals surface area (Å²) in [7, 11) is -3.62. The maximum Gasteiger partial charge on any atom is 0.246 e. The summed E-state index contributed by atoms with van der Waals surface area (Å²) in [5, 5.41) is 12.9. The van der Waals surface area contributed by atoms with Crippen LogP contribution < -0.4 is 4.72 Å². The first kappa shape index (κ1) is 13.5. The van der Waals surface area contributed by atoms with E-state index < -0.39 is 10.0 Å².